The summed E-state index contributed by atoms with van der Waals surface area (Å²) < 4.78 is 10.2. The van der Waals surface area contributed by atoms with Gasteiger partial charge in [-0.05, 0) is 40.8 Å². The third-order valence-corrected chi connectivity index (χ3v) is 6.30. The number of aromatic nitrogens is 2. The van der Waals surface area contributed by atoms with Gasteiger partial charge >= 0.3 is 0 Å². The minimum atomic E-state index is -1.01. The lowest BCUT2D eigenvalue weighted by atomic mass is 10.3. The van der Waals surface area contributed by atoms with Gasteiger partial charge in [0.15, 0.2) is 3.83 Å². The molecule has 0 radical (unpaired) electrons. The Morgan fingerprint density at radius 1 is 1.26 bits per heavy atom. The fourth-order valence-corrected chi connectivity index (χ4v) is 3.74. The van der Waals surface area contributed by atoms with Crippen molar-refractivity contribution in [3.05, 3.63) is 25.6 Å². The average molecular weight is 500 g/mol. The van der Waals surface area contributed by atoms with Crippen molar-refractivity contribution in [2.45, 2.75) is 32.4 Å². The predicted molar refractivity (Wildman–Crippen MR) is 99.3 cm³/mol. The third kappa shape index (κ3) is 4.15. The Bertz CT molecular complexity index is 578. The van der Waals surface area contributed by atoms with Crippen molar-refractivity contribution in [2.24, 2.45) is 0 Å². The lowest BCUT2D eigenvalue weighted by molar-refractivity contribution is 0.0881. The zero-order chi connectivity index (χ0) is 14.0. The van der Waals surface area contributed by atoms with E-state index in [1.165, 1.54) is 9.61 Å². The van der Waals surface area contributed by atoms with E-state index in [9.17, 15) is 0 Å². The molecule has 2 rings (SSSR count). The van der Waals surface area contributed by atoms with Gasteiger partial charge in [0.2, 0.25) is 0 Å². The van der Waals surface area contributed by atoms with Gasteiger partial charge in [-0.1, -0.05) is 25.7 Å². The SMILES string of the molecule is C[Si](C)(C)CCOCn1c(I)nc2c(I)cccc21. The van der Waals surface area contributed by atoms with Crippen molar-refractivity contribution in [3.8, 4) is 0 Å². The van der Waals surface area contributed by atoms with Crippen molar-refractivity contribution in [1.82, 2.24) is 9.55 Å². The molecule has 0 saturated carbocycles. The molecule has 1 heterocycles. The minimum Gasteiger partial charge on any atom is -0.361 e. The molecule has 0 bridgehead atoms. The maximum Gasteiger partial charge on any atom is 0.174 e. The maximum atomic E-state index is 5.83. The molecule has 1 aromatic carbocycles. The zero-order valence-corrected chi connectivity index (χ0v) is 16.7. The summed E-state index contributed by atoms with van der Waals surface area (Å²) in [6.07, 6.45) is 0. The van der Waals surface area contributed by atoms with Gasteiger partial charge in [0.1, 0.15) is 12.2 Å². The Hall–Kier alpha value is 0.327. The molecule has 0 aliphatic carbocycles. The van der Waals surface area contributed by atoms with E-state index in [0.717, 1.165) is 21.5 Å². The molecular weight excluding hydrogens is 482 g/mol. The van der Waals surface area contributed by atoms with Crippen LogP contribution >= 0.6 is 45.2 Å². The zero-order valence-electron chi connectivity index (χ0n) is 11.4. The highest BCUT2D eigenvalue weighted by molar-refractivity contribution is 14.1. The monoisotopic (exact) mass is 500 g/mol. The number of fused-ring (bicyclic) bond motifs is 1. The Balaban J connectivity index is 2.09. The second-order valence-electron chi connectivity index (χ2n) is 5.76. The van der Waals surface area contributed by atoms with Crippen molar-refractivity contribution in [1.29, 1.82) is 0 Å². The molecule has 0 atom stereocenters. The highest BCUT2D eigenvalue weighted by Crippen LogP contribution is 2.22. The molecule has 0 fully saturated rings. The average Bonchev–Trinajstić information content (AvgIpc) is 2.62. The third-order valence-electron chi connectivity index (χ3n) is 2.90. The predicted octanol–water partition coefficient (Wildman–Crippen LogP) is 4.56. The van der Waals surface area contributed by atoms with Gasteiger partial charge in [0.05, 0.1) is 5.52 Å². The molecule has 6 heteroatoms. The summed E-state index contributed by atoms with van der Waals surface area (Å²) in [5.41, 5.74) is 2.23. The molecule has 0 aliphatic heterocycles. The number of benzene rings is 1. The molecule has 0 spiro atoms. The van der Waals surface area contributed by atoms with Gasteiger partial charge in [-0.25, -0.2) is 4.98 Å². The van der Waals surface area contributed by atoms with Crippen molar-refractivity contribution in [2.75, 3.05) is 6.61 Å². The van der Waals surface area contributed by atoms with E-state index in [1.807, 2.05) is 0 Å². The molecule has 2 aromatic rings. The summed E-state index contributed by atoms with van der Waals surface area (Å²) in [6, 6.07) is 7.46. The lowest BCUT2D eigenvalue weighted by Crippen LogP contribution is -2.22. The number of para-hydroxylation sites is 1. The summed E-state index contributed by atoms with van der Waals surface area (Å²) >= 11 is 4.60. The van der Waals surface area contributed by atoms with Crippen LogP contribution in [0, 0.1) is 7.40 Å². The van der Waals surface area contributed by atoms with Crippen LogP contribution in [0.5, 0.6) is 0 Å². The first kappa shape index (κ1) is 15.7. The second kappa shape index (κ2) is 6.40. The first-order chi connectivity index (χ1) is 8.88. The smallest absolute Gasteiger partial charge is 0.174 e. The van der Waals surface area contributed by atoms with Crippen LogP contribution in [-0.4, -0.2) is 24.2 Å². The molecular formula is C13H18I2N2OSi. The standard InChI is InChI=1S/C13H18I2N2OSi/c1-19(2,3)8-7-18-9-17-11-6-4-5-10(14)12(11)16-13(17)15/h4-6H,7-9H2,1-3H3. The van der Waals surface area contributed by atoms with Crippen molar-refractivity contribution >= 4 is 64.3 Å². The van der Waals surface area contributed by atoms with Crippen molar-refractivity contribution < 1.29 is 4.74 Å². The quantitative estimate of drug-likeness (QED) is 0.342. The Kier molecular flexibility index (Phi) is 5.29. The molecule has 19 heavy (non-hydrogen) atoms. The van der Waals surface area contributed by atoms with Gasteiger partial charge in [-0.3, -0.25) is 4.57 Å². The van der Waals surface area contributed by atoms with E-state index in [4.69, 9.17) is 4.74 Å². The number of halogens is 2. The van der Waals surface area contributed by atoms with Gasteiger partial charge in [0, 0.05) is 40.8 Å². The molecule has 1 aromatic heterocycles. The van der Waals surface area contributed by atoms with Crippen LogP contribution in [0.15, 0.2) is 18.2 Å². The minimum absolute atomic E-state index is 0.597. The van der Waals surface area contributed by atoms with E-state index in [-0.39, 0.29) is 0 Å². The number of hydrogen-bond donors (Lipinski definition) is 0. The van der Waals surface area contributed by atoms with Crippen LogP contribution in [-0.2, 0) is 11.5 Å². The van der Waals surface area contributed by atoms with Gasteiger partial charge in [-0.2, -0.15) is 0 Å². The number of nitrogens with zero attached hydrogens (tertiary/aromatic N) is 2. The van der Waals surface area contributed by atoms with Crippen LogP contribution in [0.1, 0.15) is 0 Å². The van der Waals surface area contributed by atoms with Crippen LogP contribution < -0.4 is 0 Å². The second-order valence-corrected chi connectivity index (χ2v) is 13.5. The maximum absolute atomic E-state index is 5.83. The first-order valence-corrected chi connectivity index (χ1v) is 12.1. The first-order valence-electron chi connectivity index (χ1n) is 6.26. The largest absolute Gasteiger partial charge is 0.361 e. The lowest BCUT2D eigenvalue weighted by Gasteiger charge is -2.15. The summed E-state index contributed by atoms with van der Waals surface area (Å²) in [5, 5.41) is 0. The Labute approximate surface area is 142 Å². The Morgan fingerprint density at radius 3 is 2.68 bits per heavy atom. The number of hydrogen-bond acceptors (Lipinski definition) is 2. The molecule has 0 amide bonds. The van der Waals surface area contributed by atoms with E-state index in [1.54, 1.807) is 0 Å². The highest BCUT2D eigenvalue weighted by atomic mass is 127. The van der Waals surface area contributed by atoms with E-state index < -0.39 is 8.07 Å². The molecule has 0 N–H and O–H groups in total. The normalized spacial score (nSPS) is 12.3. The van der Waals surface area contributed by atoms with E-state index in [2.05, 4.69) is 92.6 Å². The molecule has 104 valence electrons. The number of imidazole rings is 1. The van der Waals surface area contributed by atoms with Gasteiger partial charge in [-0.15, -0.1) is 0 Å². The highest BCUT2D eigenvalue weighted by Gasteiger charge is 2.13. The molecule has 0 saturated heterocycles. The summed E-state index contributed by atoms with van der Waals surface area (Å²) in [4.78, 5) is 4.61. The van der Waals surface area contributed by atoms with Gasteiger partial charge in [0.25, 0.3) is 0 Å². The molecule has 3 nitrogen and oxygen atoms in total. The van der Waals surface area contributed by atoms with Crippen LogP contribution in [0.3, 0.4) is 0 Å². The molecule has 0 unspecified atom stereocenters. The number of rotatable bonds is 5. The van der Waals surface area contributed by atoms with Crippen LogP contribution in [0.2, 0.25) is 25.7 Å². The summed E-state index contributed by atoms with van der Waals surface area (Å²) in [5.74, 6) is 0. The van der Waals surface area contributed by atoms with Crippen LogP contribution in [0.25, 0.3) is 11.0 Å². The molecule has 0 aliphatic rings. The summed E-state index contributed by atoms with van der Waals surface area (Å²) in [6.45, 7) is 8.55. The fourth-order valence-electron chi connectivity index (χ4n) is 1.74. The van der Waals surface area contributed by atoms with E-state index >= 15 is 0 Å². The summed E-state index contributed by atoms with van der Waals surface area (Å²) in [7, 11) is -1.01. The van der Waals surface area contributed by atoms with E-state index in [0.29, 0.717) is 6.73 Å². The van der Waals surface area contributed by atoms with Crippen LogP contribution in [0.4, 0.5) is 0 Å². The van der Waals surface area contributed by atoms with Gasteiger partial charge < -0.3 is 4.74 Å². The van der Waals surface area contributed by atoms with Crippen molar-refractivity contribution in [3.63, 3.8) is 0 Å². The fraction of sp³-hybridized carbons (Fsp3) is 0.462. The Morgan fingerprint density at radius 2 is 2.00 bits per heavy atom. The topological polar surface area (TPSA) is 27.1 Å². The number of ether oxygens (including phenoxy) is 1.